The van der Waals surface area contributed by atoms with E-state index >= 15 is 0 Å². The van der Waals surface area contributed by atoms with E-state index in [1.807, 2.05) is 24.0 Å². The molecule has 0 aliphatic heterocycles. The van der Waals surface area contributed by atoms with E-state index in [0.717, 1.165) is 24.0 Å². The van der Waals surface area contributed by atoms with E-state index in [1.54, 1.807) is 0 Å². The number of hydrogen-bond donors (Lipinski definition) is 0. The summed E-state index contributed by atoms with van der Waals surface area (Å²) >= 11 is 3.25. The SMILES string of the molecule is CCCN(CC)c1ccc(Br)cc1F. The first-order chi connectivity index (χ1) is 6.69. The zero-order chi connectivity index (χ0) is 10.6. The molecule has 0 unspecified atom stereocenters. The molecule has 1 aromatic rings. The quantitative estimate of drug-likeness (QED) is 0.795. The summed E-state index contributed by atoms with van der Waals surface area (Å²) in [6.07, 6.45) is 1.03. The standard InChI is InChI=1S/C11H15BrFN/c1-3-7-14(4-2)11-6-5-9(12)8-10(11)13/h5-6,8H,3-4,7H2,1-2H3. The minimum absolute atomic E-state index is 0.158. The largest absolute Gasteiger partial charge is 0.369 e. The van der Waals surface area contributed by atoms with Crippen LogP contribution in [0.1, 0.15) is 20.3 Å². The van der Waals surface area contributed by atoms with Gasteiger partial charge in [0.05, 0.1) is 5.69 Å². The minimum Gasteiger partial charge on any atom is -0.369 e. The molecule has 0 aliphatic carbocycles. The van der Waals surface area contributed by atoms with Gasteiger partial charge in [0, 0.05) is 17.6 Å². The van der Waals surface area contributed by atoms with Gasteiger partial charge in [0.1, 0.15) is 5.82 Å². The van der Waals surface area contributed by atoms with Crippen LogP contribution in [-0.2, 0) is 0 Å². The number of halogens is 2. The molecule has 0 spiro atoms. The monoisotopic (exact) mass is 259 g/mol. The first-order valence-electron chi connectivity index (χ1n) is 4.89. The van der Waals surface area contributed by atoms with Gasteiger partial charge in [0.2, 0.25) is 0 Å². The van der Waals surface area contributed by atoms with E-state index in [0.29, 0.717) is 5.69 Å². The molecule has 0 radical (unpaired) electrons. The Balaban J connectivity index is 2.92. The van der Waals surface area contributed by atoms with Crippen molar-refractivity contribution < 1.29 is 4.39 Å². The highest BCUT2D eigenvalue weighted by Crippen LogP contribution is 2.23. The van der Waals surface area contributed by atoms with Crippen LogP contribution in [0.2, 0.25) is 0 Å². The van der Waals surface area contributed by atoms with E-state index in [2.05, 4.69) is 22.9 Å². The van der Waals surface area contributed by atoms with Crippen molar-refractivity contribution >= 4 is 21.6 Å². The highest BCUT2D eigenvalue weighted by atomic mass is 79.9. The Bertz CT molecular complexity index is 301. The molecule has 0 fully saturated rings. The zero-order valence-corrected chi connectivity index (χ0v) is 10.1. The maximum absolute atomic E-state index is 13.5. The molecule has 0 N–H and O–H groups in total. The van der Waals surface area contributed by atoms with Crippen molar-refractivity contribution in [2.75, 3.05) is 18.0 Å². The summed E-state index contributed by atoms with van der Waals surface area (Å²) in [6, 6.07) is 5.20. The molecule has 0 aromatic heterocycles. The number of nitrogens with zero attached hydrogens (tertiary/aromatic N) is 1. The summed E-state index contributed by atoms with van der Waals surface area (Å²) in [6.45, 7) is 5.87. The lowest BCUT2D eigenvalue weighted by Crippen LogP contribution is -2.24. The molecule has 0 saturated carbocycles. The molecule has 1 aromatic carbocycles. The fourth-order valence-electron chi connectivity index (χ4n) is 1.46. The van der Waals surface area contributed by atoms with Crippen molar-refractivity contribution in [1.29, 1.82) is 0 Å². The van der Waals surface area contributed by atoms with Gasteiger partial charge in [-0.1, -0.05) is 22.9 Å². The average Bonchev–Trinajstić information content (AvgIpc) is 2.15. The molecule has 78 valence electrons. The Hall–Kier alpha value is -0.570. The topological polar surface area (TPSA) is 3.24 Å². The van der Waals surface area contributed by atoms with E-state index in [9.17, 15) is 4.39 Å². The highest BCUT2D eigenvalue weighted by molar-refractivity contribution is 9.10. The van der Waals surface area contributed by atoms with Crippen LogP contribution in [0.4, 0.5) is 10.1 Å². The average molecular weight is 260 g/mol. The van der Waals surface area contributed by atoms with Crippen molar-refractivity contribution in [1.82, 2.24) is 0 Å². The molecule has 0 aliphatic rings. The summed E-state index contributed by atoms with van der Waals surface area (Å²) in [7, 11) is 0. The fraction of sp³-hybridized carbons (Fsp3) is 0.455. The van der Waals surface area contributed by atoms with Crippen LogP contribution in [-0.4, -0.2) is 13.1 Å². The molecule has 0 saturated heterocycles. The molecule has 1 nitrogen and oxygen atoms in total. The maximum atomic E-state index is 13.5. The minimum atomic E-state index is -0.158. The van der Waals surface area contributed by atoms with Crippen LogP contribution in [0.15, 0.2) is 22.7 Å². The molecular weight excluding hydrogens is 245 g/mol. The van der Waals surface area contributed by atoms with Crippen molar-refractivity contribution in [3.05, 3.63) is 28.5 Å². The van der Waals surface area contributed by atoms with Crippen LogP contribution in [0, 0.1) is 5.82 Å². The molecule has 0 atom stereocenters. The van der Waals surface area contributed by atoms with E-state index in [1.165, 1.54) is 6.07 Å². The first-order valence-corrected chi connectivity index (χ1v) is 5.68. The lowest BCUT2D eigenvalue weighted by Gasteiger charge is -2.22. The Morgan fingerprint density at radius 2 is 2.07 bits per heavy atom. The number of hydrogen-bond acceptors (Lipinski definition) is 1. The summed E-state index contributed by atoms with van der Waals surface area (Å²) in [5.41, 5.74) is 0.692. The summed E-state index contributed by atoms with van der Waals surface area (Å²) < 4.78 is 14.3. The third-order valence-electron chi connectivity index (χ3n) is 2.13. The summed E-state index contributed by atoms with van der Waals surface area (Å²) in [5.74, 6) is -0.158. The number of anilines is 1. The van der Waals surface area contributed by atoms with Gasteiger partial charge in [-0.05, 0) is 31.5 Å². The Morgan fingerprint density at radius 3 is 2.57 bits per heavy atom. The molecule has 0 heterocycles. The third-order valence-corrected chi connectivity index (χ3v) is 2.62. The van der Waals surface area contributed by atoms with Crippen LogP contribution in [0.5, 0.6) is 0 Å². The van der Waals surface area contributed by atoms with Crippen LogP contribution < -0.4 is 4.90 Å². The molecule has 1 rings (SSSR count). The lowest BCUT2D eigenvalue weighted by atomic mass is 10.2. The van der Waals surface area contributed by atoms with Gasteiger partial charge in [0.25, 0.3) is 0 Å². The zero-order valence-electron chi connectivity index (χ0n) is 8.56. The second kappa shape index (κ2) is 5.35. The lowest BCUT2D eigenvalue weighted by molar-refractivity contribution is 0.616. The normalized spacial score (nSPS) is 10.3. The van der Waals surface area contributed by atoms with Crippen molar-refractivity contribution in [3.8, 4) is 0 Å². The smallest absolute Gasteiger partial charge is 0.147 e. The third kappa shape index (κ3) is 2.71. The van der Waals surface area contributed by atoms with Gasteiger partial charge in [0.15, 0.2) is 0 Å². The predicted molar refractivity (Wildman–Crippen MR) is 62.3 cm³/mol. The Labute approximate surface area is 93.0 Å². The summed E-state index contributed by atoms with van der Waals surface area (Å²) in [5, 5.41) is 0. The van der Waals surface area contributed by atoms with Gasteiger partial charge in [-0.3, -0.25) is 0 Å². The maximum Gasteiger partial charge on any atom is 0.147 e. The molecule has 3 heteroatoms. The predicted octanol–water partition coefficient (Wildman–Crippen LogP) is 3.82. The van der Waals surface area contributed by atoms with E-state index in [4.69, 9.17) is 0 Å². The molecule has 0 bridgehead atoms. The van der Waals surface area contributed by atoms with Crippen molar-refractivity contribution in [2.24, 2.45) is 0 Å². The van der Waals surface area contributed by atoms with Crippen LogP contribution in [0.3, 0.4) is 0 Å². The van der Waals surface area contributed by atoms with Gasteiger partial charge in [-0.15, -0.1) is 0 Å². The van der Waals surface area contributed by atoms with Gasteiger partial charge < -0.3 is 4.90 Å². The summed E-state index contributed by atoms with van der Waals surface area (Å²) in [4.78, 5) is 2.04. The highest BCUT2D eigenvalue weighted by Gasteiger charge is 2.08. The molecular formula is C11H15BrFN. The van der Waals surface area contributed by atoms with E-state index in [-0.39, 0.29) is 5.82 Å². The van der Waals surface area contributed by atoms with Gasteiger partial charge in [-0.2, -0.15) is 0 Å². The van der Waals surface area contributed by atoms with Crippen LogP contribution in [0.25, 0.3) is 0 Å². The Morgan fingerprint density at radius 1 is 1.36 bits per heavy atom. The van der Waals surface area contributed by atoms with Gasteiger partial charge >= 0.3 is 0 Å². The second-order valence-corrected chi connectivity index (χ2v) is 4.09. The molecule has 14 heavy (non-hydrogen) atoms. The van der Waals surface area contributed by atoms with Crippen molar-refractivity contribution in [2.45, 2.75) is 20.3 Å². The molecule has 0 amide bonds. The Kier molecular flexibility index (Phi) is 4.39. The second-order valence-electron chi connectivity index (χ2n) is 3.18. The van der Waals surface area contributed by atoms with E-state index < -0.39 is 0 Å². The number of benzene rings is 1. The van der Waals surface area contributed by atoms with Gasteiger partial charge in [-0.25, -0.2) is 4.39 Å². The fourth-order valence-corrected chi connectivity index (χ4v) is 1.79. The first kappa shape index (κ1) is 11.5. The van der Waals surface area contributed by atoms with Crippen LogP contribution >= 0.6 is 15.9 Å². The number of rotatable bonds is 4. The van der Waals surface area contributed by atoms with Crippen molar-refractivity contribution in [3.63, 3.8) is 0 Å².